The molecule has 5 heteroatoms. The maximum absolute atomic E-state index is 12.0. The first-order valence-electron chi connectivity index (χ1n) is 9.06. The second kappa shape index (κ2) is 8.52. The van der Waals surface area contributed by atoms with E-state index in [-0.39, 0.29) is 11.8 Å². The summed E-state index contributed by atoms with van der Waals surface area (Å²) in [5.41, 5.74) is 4.82. The van der Waals surface area contributed by atoms with E-state index in [4.69, 9.17) is 4.74 Å². The first kappa shape index (κ1) is 18.0. The van der Waals surface area contributed by atoms with Crippen molar-refractivity contribution in [3.05, 3.63) is 59.7 Å². The number of rotatable bonds is 7. The molecule has 136 valence electrons. The number of ether oxygens (including phenoxy) is 1. The molecule has 2 aromatic rings. The largest absolute Gasteiger partial charge is 0.449 e. The van der Waals surface area contributed by atoms with Crippen LogP contribution in [-0.4, -0.2) is 31.7 Å². The second-order valence-electron chi connectivity index (χ2n) is 6.31. The van der Waals surface area contributed by atoms with Crippen molar-refractivity contribution in [3.63, 3.8) is 0 Å². The van der Waals surface area contributed by atoms with E-state index >= 15 is 0 Å². The van der Waals surface area contributed by atoms with Crippen LogP contribution in [0.2, 0.25) is 0 Å². The molecule has 0 unspecified atom stereocenters. The molecule has 5 nitrogen and oxygen atoms in total. The molecular formula is C21H24N2O3. The molecule has 0 saturated carbocycles. The van der Waals surface area contributed by atoms with Gasteiger partial charge in [0, 0.05) is 25.4 Å². The lowest BCUT2D eigenvalue weighted by molar-refractivity contribution is -0.120. The van der Waals surface area contributed by atoms with E-state index in [1.807, 2.05) is 31.2 Å². The van der Waals surface area contributed by atoms with Crippen molar-refractivity contribution < 1.29 is 14.3 Å². The molecule has 3 rings (SSSR count). The monoisotopic (exact) mass is 352 g/mol. The van der Waals surface area contributed by atoms with Crippen molar-refractivity contribution >= 4 is 12.0 Å². The summed E-state index contributed by atoms with van der Waals surface area (Å²) in [4.78, 5) is 23.1. The van der Waals surface area contributed by atoms with Crippen LogP contribution in [0.5, 0.6) is 0 Å². The van der Waals surface area contributed by atoms with Crippen LogP contribution in [0.4, 0.5) is 4.79 Å². The fraction of sp³-hybridized carbons (Fsp3) is 0.333. The van der Waals surface area contributed by atoms with Gasteiger partial charge in [-0.2, -0.15) is 0 Å². The van der Waals surface area contributed by atoms with Crippen molar-refractivity contribution in [2.45, 2.75) is 25.7 Å². The fourth-order valence-corrected chi connectivity index (χ4v) is 3.28. The van der Waals surface area contributed by atoms with Gasteiger partial charge < -0.3 is 15.4 Å². The summed E-state index contributed by atoms with van der Waals surface area (Å²) in [6.45, 7) is 3.15. The van der Waals surface area contributed by atoms with Crippen LogP contribution in [0.3, 0.4) is 0 Å². The molecule has 0 radical (unpaired) electrons. The molecule has 0 atom stereocenters. The van der Waals surface area contributed by atoms with Gasteiger partial charge in [0.2, 0.25) is 5.91 Å². The first-order valence-corrected chi connectivity index (χ1v) is 9.06. The number of carbonyl (C=O) groups is 2. The van der Waals surface area contributed by atoms with Gasteiger partial charge >= 0.3 is 6.09 Å². The minimum atomic E-state index is -0.423. The van der Waals surface area contributed by atoms with Crippen LogP contribution in [0, 0.1) is 0 Å². The van der Waals surface area contributed by atoms with E-state index in [9.17, 15) is 9.59 Å². The second-order valence-corrected chi connectivity index (χ2v) is 6.31. The Morgan fingerprint density at radius 1 is 0.923 bits per heavy atom. The van der Waals surface area contributed by atoms with Gasteiger partial charge in [-0.15, -0.1) is 0 Å². The van der Waals surface area contributed by atoms with Crippen molar-refractivity contribution in [2.24, 2.45) is 0 Å². The van der Waals surface area contributed by atoms with E-state index in [2.05, 4.69) is 34.9 Å². The summed E-state index contributed by atoms with van der Waals surface area (Å²) in [7, 11) is 0. The third-order valence-corrected chi connectivity index (χ3v) is 4.61. The van der Waals surface area contributed by atoms with Gasteiger partial charge in [0.25, 0.3) is 0 Å². The molecule has 0 saturated heterocycles. The molecule has 2 aromatic carbocycles. The van der Waals surface area contributed by atoms with Crippen LogP contribution >= 0.6 is 0 Å². The Hall–Kier alpha value is -2.82. The minimum absolute atomic E-state index is 0.0196. The van der Waals surface area contributed by atoms with Crippen LogP contribution in [0.1, 0.15) is 36.8 Å². The van der Waals surface area contributed by atoms with Crippen LogP contribution in [-0.2, 0) is 9.53 Å². The SMILES string of the molecule is CCC(=O)NCCCNC(=O)OCC1c2ccccc2-c2ccccc21. The Bertz CT molecular complexity index is 743. The lowest BCUT2D eigenvalue weighted by Crippen LogP contribution is -2.30. The maximum Gasteiger partial charge on any atom is 0.407 e. The van der Waals surface area contributed by atoms with Gasteiger partial charge in [-0.3, -0.25) is 4.79 Å². The molecule has 2 amide bonds. The highest BCUT2D eigenvalue weighted by Gasteiger charge is 2.28. The van der Waals surface area contributed by atoms with Crippen LogP contribution in [0.25, 0.3) is 11.1 Å². The molecule has 0 spiro atoms. The number of alkyl carbamates (subject to hydrolysis) is 1. The van der Waals surface area contributed by atoms with Crippen molar-refractivity contribution in [1.82, 2.24) is 10.6 Å². The Morgan fingerprint density at radius 3 is 2.12 bits per heavy atom. The van der Waals surface area contributed by atoms with Crippen LogP contribution < -0.4 is 10.6 Å². The number of hydrogen-bond acceptors (Lipinski definition) is 3. The van der Waals surface area contributed by atoms with Gasteiger partial charge in [-0.05, 0) is 28.7 Å². The van der Waals surface area contributed by atoms with Crippen LogP contribution in [0.15, 0.2) is 48.5 Å². The van der Waals surface area contributed by atoms with Gasteiger partial charge in [-0.1, -0.05) is 55.5 Å². The number of amides is 2. The lowest BCUT2D eigenvalue weighted by atomic mass is 9.98. The highest BCUT2D eigenvalue weighted by Crippen LogP contribution is 2.44. The average molecular weight is 352 g/mol. The molecule has 26 heavy (non-hydrogen) atoms. The average Bonchev–Trinajstić information content (AvgIpc) is 3.00. The Morgan fingerprint density at radius 2 is 1.50 bits per heavy atom. The molecule has 1 aliphatic rings. The van der Waals surface area contributed by atoms with E-state index in [0.29, 0.717) is 32.5 Å². The quantitative estimate of drug-likeness (QED) is 0.750. The summed E-state index contributed by atoms with van der Waals surface area (Å²) in [5, 5.41) is 5.51. The summed E-state index contributed by atoms with van der Waals surface area (Å²) in [6, 6.07) is 16.5. The summed E-state index contributed by atoms with van der Waals surface area (Å²) >= 11 is 0. The molecule has 0 heterocycles. The number of benzene rings is 2. The predicted octanol–water partition coefficient (Wildman–Crippen LogP) is 3.44. The number of nitrogens with one attached hydrogen (secondary N) is 2. The van der Waals surface area contributed by atoms with E-state index in [0.717, 1.165) is 0 Å². The smallest absolute Gasteiger partial charge is 0.407 e. The zero-order valence-corrected chi connectivity index (χ0v) is 15.0. The molecule has 0 aromatic heterocycles. The highest BCUT2D eigenvalue weighted by atomic mass is 16.5. The lowest BCUT2D eigenvalue weighted by Gasteiger charge is -2.14. The Labute approximate surface area is 153 Å². The number of fused-ring (bicyclic) bond motifs is 3. The number of hydrogen-bond donors (Lipinski definition) is 2. The van der Waals surface area contributed by atoms with E-state index in [1.165, 1.54) is 22.3 Å². The molecule has 0 aliphatic heterocycles. The van der Waals surface area contributed by atoms with Gasteiger partial charge in [0.1, 0.15) is 6.61 Å². The maximum atomic E-state index is 12.0. The third kappa shape index (κ3) is 4.04. The summed E-state index contributed by atoms with van der Waals surface area (Å²) < 4.78 is 5.45. The van der Waals surface area contributed by atoms with Gasteiger partial charge in [-0.25, -0.2) is 4.79 Å². The topological polar surface area (TPSA) is 67.4 Å². The zero-order valence-electron chi connectivity index (χ0n) is 15.0. The van der Waals surface area contributed by atoms with E-state index in [1.54, 1.807) is 0 Å². The van der Waals surface area contributed by atoms with Gasteiger partial charge in [0.05, 0.1) is 0 Å². The minimum Gasteiger partial charge on any atom is -0.449 e. The predicted molar refractivity (Wildman–Crippen MR) is 101 cm³/mol. The van der Waals surface area contributed by atoms with Crippen molar-refractivity contribution in [2.75, 3.05) is 19.7 Å². The standard InChI is InChI=1S/C21H24N2O3/c1-2-20(24)22-12-7-13-23-21(25)26-14-19-17-10-5-3-8-15(17)16-9-4-6-11-18(16)19/h3-6,8-11,19H,2,7,12-14H2,1H3,(H,22,24)(H,23,25). The molecule has 0 fully saturated rings. The molecule has 0 bridgehead atoms. The highest BCUT2D eigenvalue weighted by molar-refractivity contribution is 5.79. The van der Waals surface area contributed by atoms with Crippen molar-refractivity contribution in [3.8, 4) is 11.1 Å². The fourth-order valence-electron chi connectivity index (χ4n) is 3.28. The van der Waals surface area contributed by atoms with Crippen molar-refractivity contribution in [1.29, 1.82) is 0 Å². The third-order valence-electron chi connectivity index (χ3n) is 4.61. The van der Waals surface area contributed by atoms with E-state index < -0.39 is 6.09 Å². The zero-order chi connectivity index (χ0) is 18.4. The molecular weight excluding hydrogens is 328 g/mol. The molecule has 2 N–H and O–H groups in total. The normalized spacial score (nSPS) is 12.2. The summed E-state index contributed by atoms with van der Waals surface area (Å²) in [5.74, 6) is 0.0862. The molecule has 1 aliphatic carbocycles. The first-order chi connectivity index (χ1) is 12.7. The Balaban J connectivity index is 1.50. The van der Waals surface area contributed by atoms with Gasteiger partial charge in [0.15, 0.2) is 0 Å². The summed E-state index contributed by atoms with van der Waals surface area (Å²) in [6.07, 6.45) is 0.726. The Kier molecular flexibility index (Phi) is 5.89. The number of carbonyl (C=O) groups excluding carboxylic acids is 2.